The van der Waals surface area contributed by atoms with Gasteiger partial charge in [-0.1, -0.05) is 35.3 Å². The number of nitrogens with one attached hydrogen (secondary N) is 1. The Balaban J connectivity index is 1.92. The van der Waals surface area contributed by atoms with E-state index in [0.717, 1.165) is 5.56 Å². The Hall–Kier alpha value is -1.36. The number of anilines is 1. The maximum atomic E-state index is 12.1. The van der Waals surface area contributed by atoms with Crippen molar-refractivity contribution in [2.24, 2.45) is 0 Å². The molecule has 0 aromatic heterocycles. The average molecular weight is 370 g/mol. The van der Waals surface area contributed by atoms with Crippen molar-refractivity contribution in [1.29, 1.82) is 0 Å². The summed E-state index contributed by atoms with van der Waals surface area (Å²) in [7, 11) is 1.55. The van der Waals surface area contributed by atoms with Crippen LogP contribution in [0.2, 0.25) is 10.0 Å². The molecule has 0 radical (unpaired) electrons. The Labute approximate surface area is 150 Å². The van der Waals surface area contributed by atoms with Gasteiger partial charge in [-0.25, -0.2) is 0 Å². The van der Waals surface area contributed by atoms with E-state index >= 15 is 0 Å². The van der Waals surface area contributed by atoms with E-state index in [4.69, 9.17) is 27.9 Å². The Morgan fingerprint density at radius 1 is 1.17 bits per heavy atom. The van der Waals surface area contributed by atoms with Crippen LogP contribution in [0.1, 0.15) is 17.7 Å². The summed E-state index contributed by atoms with van der Waals surface area (Å²) in [5.74, 6) is 0.814. The Bertz CT molecular complexity index is 677. The van der Waals surface area contributed by atoms with E-state index in [0.29, 0.717) is 27.2 Å². The molecule has 0 aliphatic heterocycles. The molecule has 1 atom stereocenters. The molecule has 0 heterocycles. The van der Waals surface area contributed by atoms with E-state index in [1.807, 2.05) is 24.3 Å². The van der Waals surface area contributed by atoms with Gasteiger partial charge in [-0.15, -0.1) is 11.8 Å². The second kappa shape index (κ2) is 8.48. The smallest absolute Gasteiger partial charge is 0.234 e. The van der Waals surface area contributed by atoms with Crippen LogP contribution < -0.4 is 10.1 Å². The number of methoxy groups -OCH3 is 1. The molecule has 0 aliphatic rings. The highest BCUT2D eigenvalue weighted by Gasteiger charge is 2.12. The third kappa shape index (κ3) is 5.34. The van der Waals surface area contributed by atoms with E-state index < -0.39 is 0 Å². The zero-order valence-corrected chi connectivity index (χ0v) is 15.1. The van der Waals surface area contributed by atoms with E-state index in [9.17, 15) is 4.79 Å². The molecule has 122 valence electrons. The molecule has 2 rings (SSSR count). The largest absolute Gasteiger partial charge is 0.495 e. The monoisotopic (exact) mass is 369 g/mol. The lowest BCUT2D eigenvalue weighted by molar-refractivity contribution is -0.113. The summed E-state index contributed by atoms with van der Waals surface area (Å²) in [4.78, 5) is 12.1. The van der Waals surface area contributed by atoms with Crippen molar-refractivity contribution in [1.82, 2.24) is 0 Å². The maximum absolute atomic E-state index is 12.1. The van der Waals surface area contributed by atoms with E-state index in [1.54, 1.807) is 37.1 Å². The molecule has 1 amide bonds. The van der Waals surface area contributed by atoms with Crippen LogP contribution >= 0.6 is 35.0 Å². The molecular weight excluding hydrogens is 353 g/mol. The van der Waals surface area contributed by atoms with E-state index in [-0.39, 0.29) is 11.2 Å². The van der Waals surface area contributed by atoms with Gasteiger partial charge in [0.2, 0.25) is 5.91 Å². The highest BCUT2D eigenvalue weighted by Crippen LogP contribution is 2.30. The van der Waals surface area contributed by atoms with Gasteiger partial charge in [-0.3, -0.25) is 4.79 Å². The van der Waals surface area contributed by atoms with Crippen molar-refractivity contribution < 1.29 is 9.53 Å². The molecule has 0 bridgehead atoms. The summed E-state index contributed by atoms with van der Waals surface area (Å²) < 4.78 is 5.21. The van der Waals surface area contributed by atoms with Crippen molar-refractivity contribution in [2.45, 2.75) is 12.2 Å². The van der Waals surface area contributed by atoms with Crippen LogP contribution in [-0.4, -0.2) is 18.8 Å². The van der Waals surface area contributed by atoms with Crippen LogP contribution in [-0.2, 0) is 4.79 Å². The molecule has 3 nitrogen and oxygen atoms in total. The number of halogens is 2. The van der Waals surface area contributed by atoms with Crippen molar-refractivity contribution in [3.63, 3.8) is 0 Å². The van der Waals surface area contributed by atoms with E-state index in [2.05, 4.69) is 12.2 Å². The molecule has 23 heavy (non-hydrogen) atoms. The Kier molecular flexibility index (Phi) is 6.63. The van der Waals surface area contributed by atoms with Crippen LogP contribution in [0.15, 0.2) is 42.5 Å². The molecule has 0 aliphatic carbocycles. The molecule has 1 N–H and O–H groups in total. The second-order valence-corrected chi connectivity index (χ2v) is 7.10. The Morgan fingerprint density at radius 3 is 2.48 bits per heavy atom. The van der Waals surface area contributed by atoms with E-state index in [1.165, 1.54) is 0 Å². The summed E-state index contributed by atoms with van der Waals surface area (Å²) in [5.41, 5.74) is 1.71. The standard InChI is InChI=1S/C17H17Cl2NO2S/c1-11(12-3-5-13(18)6-4-12)23-10-17(21)20-15-9-14(19)7-8-16(15)22-2/h3-9,11H,10H2,1-2H3,(H,20,21). The number of carbonyl (C=O) groups excluding carboxylic acids is 1. The van der Waals surface area contributed by atoms with Crippen molar-refractivity contribution in [2.75, 3.05) is 18.2 Å². The zero-order valence-electron chi connectivity index (χ0n) is 12.8. The van der Waals surface area contributed by atoms with Gasteiger partial charge >= 0.3 is 0 Å². The number of ether oxygens (including phenoxy) is 1. The maximum Gasteiger partial charge on any atom is 0.234 e. The van der Waals surface area contributed by atoms with Gasteiger partial charge in [0, 0.05) is 15.3 Å². The van der Waals surface area contributed by atoms with Crippen LogP contribution in [0.4, 0.5) is 5.69 Å². The van der Waals surface area contributed by atoms with Crippen LogP contribution in [0.3, 0.4) is 0 Å². The fourth-order valence-electron chi connectivity index (χ4n) is 1.99. The normalized spacial score (nSPS) is 11.8. The fraction of sp³-hybridized carbons (Fsp3) is 0.235. The van der Waals surface area contributed by atoms with Gasteiger partial charge in [-0.05, 0) is 42.8 Å². The first-order chi connectivity index (χ1) is 11.0. The summed E-state index contributed by atoms with van der Waals surface area (Å²) in [6, 6.07) is 12.8. The van der Waals surface area contributed by atoms with Gasteiger partial charge in [-0.2, -0.15) is 0 Å². The highest BCUT2D eigenvalue weighted by atomic mass is 35.5. The summed E-state index contributed by atoms with van der Waals surface area (Å²) >= 11 is 13.4. The number of benzene rings is 2. The molecule has 2 aromatic rings. The third-order valence-corrected chi connectivity index (χ3v) is 4.93. The number of thioether (sulfide) groups is 1. The first kappa shape index (κ1) is 18.0. The fourth-order valence-corrected chi connectivity index (χ4v) is 3.12. The van der Waals surface area contributed by atoms with Crippen molar-refractivity contribution in [3.8, 4) is 5.75 Å². The molecule has 0 spiro atoms. The van der Waals surface area contributed by atoms with Crippen LogP contribution in [0.25, 0.3) is 0 Å². The van der Waals surface area contributed by atoms with Gasteiger partial charge in [0.25, 0.3) is 0 Å². The first-order valence-corrected chi connectivity index (χ1v) is 8.80. The number of rotatable bonds is 6. The summed E-state index contributed by atoms with van der Waals surface area (Å²) in [5, 5.41) is 4.27. The number of amides is 1. The predicted molar refractivity (Wildman–Crippen MR) is 99.0 cm³/mol. The number of hydrogen-bond donors (Lipinski definition) is 1. The minimum atomic E-state index is -0.101. The lowest BCUT2D eigenvalue weighted by Gasteiger charge is -2.13. The SMILES string of the molecule is COc1ccc(Cl)cc1NC(=O)CSC(C)c1ccc(Cl)cc1. The predicted octanol–water partition coefficient (Wildman–Crippen LogP) is 5.43. The minimum absolute atomic E-state index is 0.101. The van der Waals surface area contributed by atoms with Gasteiger partial charge in [0.05, 0.1) is 18.6 Å². The van der Waals surface area contributed by atoms with Crippen molar-refractivity contribution >= 4 is 46.6 Å². The lowest BCUT2D eigenvalue weighted by atomic mass is 10.2. The molecule has 1 unspecified atom stereocenters. The quantitative estimate of drug-likeness (QED) is 0.736. The molecule has 2 aromatic carbocycles. The van der Waals surface area contributed by atoms with Gasteiger partial charge < -0.3 is 10.1 Å². The Morgan fingerprint density at radius 2 is 1.83 bits per heavy atom. The third-order valence-electron chi connectivity index (χ3n) is 3.24. The average Bonchev–Trinajstić information content (AvgIpc) is 2.53. The van der Waals surface area contributed by atoms with Crippen molar-refractivity contribution in [3.05, 3.63) is 58.1 Å². The summed E-state index contributed by atoms with van der Waals surface area (Å²) in [6.45, 7) is 2.06. The van der Waals surface area contributed by atoms with Gasteiger partial charge in [0.15, 0.2) is 0 Å². The number of hydrogen-bond acceptors (Lipinski definition) is 3. The summed E-state index contributed by atoms with van der Waals surface area (Å²) in [6.07, 6.45) is 0. The highest BCUT2D eigenvalue weighted by molar-refractivity contribution is 8.00. The number of carbonyl (C=O) groups is 1. The van der Waals surface area contributed by atoms with Crippen LogP contribution in [0.5, 0.6) is 5.75 Å². The second-order valence-electron chi connectivity index (χ2n) is 4.90. The lowest BCUT2D eigenvalue weighted by Crippen LogP contribution is -2.15. The topological polar surface area (TPSA) is 38.3 Å². The zero-order chi connectivity index (χ0) is 16.8. The molecule has 0 saturated heterocycles. The van der Waals surface area contributed by atoms with Gasteiger partial charge in [0.1, 0.15) is 5.75 Å². The minimum Gasteiger partial charge on any atom is -0.495 e. The van der Waals surface area contributed by atoms with Crippen LogP contribution in [0, 0.1) is 0 Å². The molecule has 6 heteroatoms. The molecular formula is C17H17Cl2NO2S. The molecule has 0 saturated carbocycles. The molecule has 0 fully saturated rings. The first-order valence-electron chi connectivity index (χ1n) is 7.00.